The zero-order valence-electron chi connectivity index (χ0n) is 26.4. The lowest BCUT2D eigenvalue weighted by molar-refractivity contribution is 0.301. The van der Waals surface area contributed by atoms with E-state index in [1.165, 1.54) is 37.6 Å². The van der Waals surface area contributed by atoms with Gasteiger partial charge in [-0.3, -0.25) is 5.21 Å². The molecule has 1 atom stereocenters. The molecule has 0 saturated heterocycles. The lowest BCUT2D eigenvalue weighted by Gasteiger charge is -2.23. The molecule has 0 radical (unpaired) electrons. The number of aromatic nitrogens is 2. The number of benzene rings is 6. The van der Waals surface area contributed by atoms with Gasteiger partial charge in [0.2, 0.25) is 0 Å². The summed E-state index contributed by atoms with van der Waals surface area (Å²) in [5, 5.41) is 21.5. The van der Waals surface area contributed by atoms with Crippen LogP contribution in [0.25, 0.3) is 49.3 Å². The molecule has 0 bridgehead atoms. The van der Waals surface area contributed by atoms with E-state index in [0.29, 0.717) is 17.3 Å². The molecule has 5 nitrogen and oxygen atoms in total. The van der Waals surface area contributed by atoms with Gasteiger partial charge in [0.15, 0.2) is 0 Å². The summed E-state index contributed by atoms with van der Waals surface area (Å²) in [6.07, 6.45) is 7.66. The highest BCUT2D eigenvalue weighted by molar-refractivity contribution is 6.09. The van der Waals surface area contributed by atoms with Crippen LogP contribution in [0.1, 0.15) is 6.42 Å². The number of nitrogens with zero attached hydrogens (tertiary/aromatic N) is 3. The summed E-state index contributed by atoms with van der Waals surface area (Å²) in [6.45, 7) is 0.914. The quantitative estimate of drug-likeness (QED) is 0.174. The number of rotatable bonds is 7. The van der Waals surface area contributed by atoms with Crippen LogP contribution in [0.4, 0.5) is 17.1 Å². The molecule has 232 valence electrons. The first-order valence-corrected chi connectivity index (χ1v) is 16.5. The second-order valence-corrected chi connectivity index (χ2v) is 12.5. The van der Waals surface area contributed by atoms with Gasteiger partial charge in [0, 0.05) is 50.5 Å². The normalized spacial score (nSPS) is 14.6. The Morgan fingerprint density at radius 2 is 1.19 bits per heavy atom. The molecule has 0 amide bonds. The van der Waals surface area contributed by atoms with Gasteiger partial charge >= 0.3 is 0 Å². The summed E-state index contributed by atoms with van der Waals surface area (Å²) >= 11 is 0. The fourth-order valence-electron chi connectivity index (χ4n) is 7.35. The molecule has 1 unspecified atom stereocenters. The molecule has 0 fully saturated rings. The van der Waals surface area contributed by atoms with Gasteiger partial charge in [0.1, 0.15) is 0 Å². The average Bonchev–Trinajstić information content (AvgIpc) is 3.65. The predicted molar refractivity (Wildman–Crippen MR) is 200 cm³/mol. The molecule has 48 heavy (non-hydrogen) atoms. The van der Waals surface area contributed by atoms with Crippen LogP contribution in [0, 0.1) is 5.92 Å². The molecule has 8 aromatic rings. The fourth-order valence-corrected chi connectivity index (χ4v) is 7.35. The van der Waals surface area contributed by atoms with Gasteiger partial charge in [-0.05, 0) is 73.0 Å². The van der Waals surface area contributed by atoms with Gasteiger partial charge in [-0.25, -0.2) is 5.06 Å². The molecular weight excluding hydrogens is 589 g/mol. The van der Waals surface area contributed by atoms with Gasteiger partial charge in [-0.2, -0.15) is 0 Å². The van der Waals surface area contributed by atoms with Crippen molar-refractivity contribution in [3.05, 3.63) is 170 Å². The average molecular weight is 623 g/mol. The molecule has 2 N–H and O–H groups in total. The summed E-state index contributed by atoms with van der Waals surface area (Å²) in [6, 6.07) is 50.3. The van der Waals surface area contributed by atoms with E-state index in [1.807, 2.05) is 42.5 Å². The van der Waals surface area contributed by atoms with E-state index in [1.54, 1.807) is 0 Å². The monoisotopic (exact) mass is 622 g/mol. The van der Waals surface area contributed by atoms with E-state index in [4.69, 9.17) is 0 Å². The summed E-state index contributed by atoms with van der Waals surface area (Å²) in [7, 11) is 0. The highest BCUT2D eigenvalue weighted by Gasteiger charge is 2.18. The molecule has 2 heterocycles. The predicted octanol–water partition coefficient (Wildman–Crippen LogP) is 11.0. The van der Waals surface area contributed by atoms with Crippen LogP contribution in [-0.4, -0.2) is 14.3 Å². The van der Waals surface area contributed by atoms with E-state index in [-0.39, 0.29) is 0 Å². The largest absolute Gasteiger partial charge is 0.354 e. The van der Waals surface area contributed by atoms with Crippen LogP contribution in [-0.2, 0) is 6.54 Å². The number of para-hydroxylation sites is 6. The van der Waals surface area contributed by atoms with E-state index >= 15 is 0 Å². The Balaban J connectivity index is 0.973. The number of allylic oxidation sites excluding steroid dienone is 3. The second kappa shape index (κ2) is 11.6. The van der Waals surface area contributed by atoms with Crippen molar-refractivity contribution in [1.82, 2.24) is 9.13 Å². The summed E-state index contributed by atoms with van der Waals surface area (Å²) in [5.74, 6) is 0.378. The van der Waals surface area contributed by atoms with E-state index in [2.05, 4.69) is 136 Å². The van der Waals surface area contributed by atoms with E-state index < -0.39 is 0 Å². The SMILES string of the molecule is ON(c1cccc(-n2c3ccccc3c3ccccc32)c1)c1ccccc1NC1=CCC(Cn2c3ccccc3c3ccccc32)C=C1. The van der Waals surface area contributed by atoms with Crippen molar-refractivity contribution in [3.8, 4) is 5.69 Å². The standard InChI is InChI=1S/C43H34N4O/c48-47(33-13-11-12-32(28-33)46-41-21-8-3-16-36(41)37-17-4-9-22-42(37)46)43-23-10-5-18-38(43)44-31-26-24-30(25-27-31)29-45-39-19-6-1-14-34(39)35-15-2-7-20-40(35)45/h1-24,26-28,30,44,48H,25,29H2. The summed E-state index contributed by atoms with van der Waals surface area (Å²) < 4.78 is 4.72. The van der Waals surface area contributed by atoms with Crippen molar-refractivity contribution in [3.63, 3.8) is 0 Å². The minimum atomic E-state index is 0.378. The molecule has 0 spiro atoms. The van der Waals surface area contributed by atoms with Crippen LogP contribution in [0.3, 0.4) is 0 Å². The summed E-state index contributed by atoms with van der Waals surface area (Å²) in [4.78, 5) is 0. The van der Waals surface area contributed by atoms with E-state index in [9.17, 15) is 5.21 Å². The highest BCUT2D eigenvalue weighted by Crippen LogP contribution is 2.36. The number of hydrogen-bond donors (Lipinski definition) is 2. The maximum Gasteiger partial charge on any atom is 0.0927 e. The summed E-state index contributed by atoms with van der Waals surface area (Å²) in [5.41, 5.74) is 9.03. The molecule has 5 heteroatoms. The number of anilines is 3. The zero-order chi connectivity index (χ0) is 32.0. The molecule has 0 saturated carbocycles. The van der Waals surface area contributed by atoms with Gasteiger partial charge in [0.25, 0.3) is 0 Å². The Labute approximate surface area is 278 Å². The smallest absolute Gasteiger partial charge is 0.0927 e. The van der Waals surface area contributed by atoms with Crippen molar-refractivity contribution in [2.75, 3.05) is 10.4 Å². The van der Waals surface area contributed by atoms with Crippen LogP contribution in [0.15, 0.2) is 170 Å². The van der Waals surface area contributed by atoms with Crippen molar-refractivity contribution in [2.24, 2.45) is 5.92 Å². The molecule has 2 aromatic heterocycles. The zero-order valence-corrected chi connectivity index (χ0v) is 26.4. The third kappa shape index (κ3) is 4.75. The van der Waals surface area contributed by atoms with Crippen molar-refractivity contribution >= 4 is 60.7 Å². The Kier molecular flexibility index (Phi) is 6.84. The first-order valence-electron chi connectivity index (χ1n) is 16.5. The van der Waals surface area contributed by atoms with Crippen LogP contribution in [0.2, 0.25) is 0 Å². The van der Waals surface area contributed by atoms with Crippen LogP contribution >= 0.6 is 0 Å². The first-order chi connectivity index (χ1) is 23.7. The Hall–Kier alpha value is -6.04. The molecule has 1 aliphatic rings. The van der Waals surface area contributed by atoms with Gasteiger partial charge < -0.3 is 14.5 Å². The molecule has 1 aliphatic carbocycles. The van der Waals surface area contributed by atoms with Crippen LogP contribution < -0.4 is 10.4 Å². The maximum atomic E-state index is 11.7. The third-order valence-corrected chi connectivity index (χ3v) is 9.61. The molecule has 0 aliphatic heterocycles. The van der Waals surface area contributed by atoms with Crippen molar-refractivity contribution in [1.29, 1.82) is 0 Å². The van der Waals surface area contributed by atoms with Gasteiger partial charge in [0.05, 0.1) is 28.1 Å². The molecule has 6 aromatic carbocycles. The van der Waals surface area contributed by atoms with Gasteiger partial charge in [-0.15, -0.1) is 0 Å². The Morgan fingerprint density at radius 1 is 0.625 bits per heavy atom. The fraction of sp³-hybridized carbons (Fsp3) is 0.0698. The number of fused-ring (bicyclic) bond motifs is 6. The molecule has 9 rings (SSSR count). The minimum absolute atomic E-state index is 0.378. The first kappa shape index (κ1) is 28.2. The molecular formula is C43H34N4O. The van der Waals surface area contributed by atoms with Crippen molar-refractivity contribution in [2.45, 2.75) is 13.0 Å². The maximum absolute atomic E-state index is 11.7. The Bertz CT molecular complexity index is 2430. The topological polar surface area (TPSA) is 45.4 Å². The van der Waals surface area contributed by atoms with Gasteiger partial charge in [-0.1, -0.05) is 103 Å². The van der Waals surface area contributed by atoms with Crippen LogP contribution in [0.5, 0.6) is 0 Å². The second-order valence-electron chi connectivity index (χ2n) is 12.5. The van der Waals surface area contributed by atoms with E-state index in [0.717, 1.165) is 41.1 Å². The third-order valence-electron chi connectivity index (χ3n) is 9.61. The number of nitrogens with one attached hydrogen (secondary N) is 1. The lowest BCUT2D eigenvalue weighted by Crippen LogP contribution is -2.15. The number of hydrogen-bond acceptors (Lipinski definition) is 3. The lowest BCUT2D eigenvalue weighted by atomic mass is 9.99. The Morgan fingerprint density at radius 3 is 1.81 bits per heavy atom. The van der Waals surface area contributed by atoms with Crippen molar-refractivity contribution < 1.29 is 5.21 Å². The minimum Gasteiger partial charge on any atom is -0.354 e. The highest BCUT2D eigenvalue weighted by atomic mass is 16.5.